The summed E-state index contributed by atoms with van der Waals surface area (Å²) in [6.07, 6.45) is 2.10. The number of ether oxygens (including phenoxy) is 1. The Morgan fingerprint density at radius 3 is 2.38 bits per heavy atom. The summed E-state index contributed by atoms with van der Waals surface area (Å²) in [5.74, 6) is 1.07. The van der Waals surface area contributed by atoms with Crippen molar-refractivity contribution in [2.75, 3.05) is 63.3 Å². The summed E-state index contributed by atoms with van der Waals surface area (Å²) in [5.41, 5.74) is 3.55. The monoisotopic (exact) mass is 397 g/mol. The maximum atomic E-state index is 10.1. The summed E-state index contributed by atoms with van der Waals surface area (Å²) in [5, 5.41) is 10.1. The lowest BCUT2D eigenvalue weighted by molar-refractivity contribution is 0.122. The second-order valence-corrected chi connectivity index (χ2v) is 8.16. The third-order valence-corrected chi connectivity index (χ3v) is 5.88. The number of likely N-dealkylation sites (tertiary alicyclic amines) is 1. The first-order valence-corrected chi connectivity index (χ1v) is 10.5. The number of aromatic nitrogens is 2. The maximum absolute atomic E-state index is 10.1. The normalized spacial score (nSPS) is 18.8. The minimum Gasteiger partial charge on any atom is -0.493 e. The number of piperidine rings is 1. The van der Waals surface area contributed by atoms with E-state index >= 15 is 0 Å². The second-order valence-electron chi connectivity index (χ2n) is 8.16. The summed E-state index contributed by atoms with van der Waals surface area (Å²) in [4.78, 5) is 15.8. The Morgan fingerprint density at radius 2 is 1.72 bits per heavy atom. The minimum absolute atomic E-state index is 0.0694. The summed E-state index contributed by atoms with van der Waals surface area (Å²) in [6.45, 7) is 5.97. The molecule has 0 amide bonds. The first kappa shape index (κ1) is 19.9. The number of rotatable bonds is 5. The quantitative estimate of drug-likeness (QED) is 0.831. The fourth-order valence-electron chi connectivity index (χ4n) is 4.10. The minimum atomic E-state index is 0.0694. The number of anilines is 2. The van der Waals surface area contributed by atoms with Gasteiger partial charge in [-0.25, -0.2) is 4.98 Å². The molecule has 2 aliphatic heterocycles. The van der Waals surface area contributed by atoms with Crippen LogP contribution in [0.4, 0.5) is 11.6 Å². The van der Waals surface area contributed by atoms with Gasteiger partial charge in [-0.15, -0.1) is 0 Å². The largest absolute Gasteiger partial charge is 0.493 e. The van der Waals surface area contributed by atoms with Crippen molar-refractivity contribution in [1.82, 2.24) is 14.9 Å². The Morgan fingerprint density at radius 1 is 1.03 bits per heavy atom. The molecule has 0 saturated carbocycles. The molecule has 1 aromatic heterocycles. The van der Waals surface area contributed by atoms with Gasteiger partial charge in [0.1, 0.15) is 0 Å². The predicted octanol–water partition coefficient (Wildman–Crippen LogP) is 2.46. The van der Waals surface area contributed by atoms with E-state index in [1.54, 1.807) is 6.07 Å². The Kier molecular flexibility index (Phi) is 6.16. The first-order chi connectivity index (χ1) is 14.1. The van der Waals surface area contributed by atoms with E-state index in [1.165, 1.54) is 11.3 Å². The Balaban J connectivity index is 1.36. The number of hydrogen-bond donors (Lipinski definition) is 1. The number of morpholine rings is 1. The molecule has 156 valence electrons. The van der Waals surface area contributed by atoms with Crippen LogP contribution in [0.1, 0.15) is 30.0 Å². The average Bonchev–Trinajstić information content (AvgIpc) is 2.75. The molecular formula is C22H31N5O2. The van der Waals surface area contributed by atoms with Crippen molar-refractivity contribution in [2.24, 2.45) is 0 Å². The Hall–Kier alpha value is -2.38. The van der Waals surface area contributed by atoms with E-state index in [9.17, 15) is 5.11 Å². The number of aromatic hydroxyl groups is 1. The van der Waals surface area contributed by atoms with Crippen LogP contribution in [0.15, 0.2) is 30.3 Å². The van der Waals surface area contributed by atoms with Gasteiger partial charge in [0.05, 0.1) is 18.9 Å². The molecule has 0 bridgehead atoms. The first-order valence-electron chi connectivity index (χ1n) is 10.5. The van der Waals surface area contributed by atoms with Crippen LogP contribution < -0.4 is 9.80 Å². The van der Waals surface area contributed by atoms with Crippen molar-refractivity contribution in [2.45, 2.75) is 25.3 Å². The van der Waals surface area contributed by atoms with Crippen molar-refractivity contribution >= 4 is 11.6 Å². The van der Waals surface area contributed by atoms with E-state index in [4.69, 9.17) is 9.72 Å². The van der Waals surface area contributed by atoms with Gasteiger partial charge >= 0.3 is 0 Å². The van der Waals surface area contributed by atoms with E-state index in [0.717, 1.165) is 51.3 Å². The standard InChI is InChI=1S/C22H31N5O2/c1-25(2)19-5-3-17(4-6-19)16-26-9-7-18(8-10-26)20-15-21(28)24-22(23-20)27-11-13-29-14-12-27/h3-6,15,18H,7-14,16H2,1-2H3,(H,23,24,28). The molecule has 0 spiro atoms. The zero-order chi connectivity index (χ0) is 20.2. The molecule has 4 rings (SSSR count). The molecule has 0 radical (unpaired) electrons. The third-order valence-electron chi connectivity index (χ3n) is 5.88. The van der Waals surface area contributed by atoms with Crippen LogP contribution in [0.25, 0.3) is 0 Å². The van der Waals surface area contributed by atoms with Gasteiger partial charge in [-0.1, -0.05) is 12.1 Å². The fraction of sp³-hybridized carbons (Fsp3) is 0.545. The van der Waals surface area contributed by atoms with E-state index < -0.39 is 0 Å². The van der Waals surface area contributed by atoms with Crippen molar-refractivity contribution in [3.8, 4) is 5.88 Å². The van der Waals surface area contributed by atoms with Crippen LogP contribution in [0.2, 0.25) is 0 Å². The number of benzene rings is 1. The van der Waals surface area contributed by atoms with Crippen molar-refractivity contribution in [3.63, 3.8) is 0 Å². The predicted molar refractivity (Wildman–Crippen MR) is 115 cm³/mol. The van der Waals surface area contributed by atoms with E-state index in [2.05, 4.69) is 58.0 Å². The van der Waals surface area contributed by atoms with E-state index in [1.807, 2.05) is 0 Å². The van der Waals surface area contributed by atoms with Crippen LogP contribution in [-0.4, -0.2) is 73.5 Å². The summed E-state index contributed by atoms with van der Waals surface area (Å²) < 4.78 is 5.41. The van der Waals surface area contributed by atoms with Gasteiger partial charge in [0.2, 0.25) is 11.8 Å². The molecule has 2 fully saturated rings. The van der Waals surface area contributed by atoms with Gasteiger partial charge in [-0.2, -0.15) is 4.98 Å². The number of hydrogen-bond acceptors (Lipinski definition) is 7. The molecule has 2 aromatic rings. The van der Waals surface area contributed by atoms with E-state index in [-0.39, 0.29) is 5.88 Å². The van der Waals surface area contributed by atoms with Gasteiger partial charge in [0, 0.05) is 51.4 Å². The highest BCUT2D eigenvalue weighted by atomic mass is 16.5. The lowest BCUT2D eigenvalue weighted by Crippen LogP contribution is -2.37. The van der Waals surface area contributed by atoms with Crippen molar-refractivity contribution in [1.29, 1.82) is 0 Å². The maximum Gasteiger partial charge on any atom is 0.229 e. The van der Waals surface area contributed by atoms with Gasteiger partial charge in [0.25, 0.3) is 0 Å². The van der Waals surface area contributed by atoms with Gasteiger partial charge in [-0.05, 0) is 43.6 Å². The molecule has 29 heavy (non-hydrogen) atoms. The topological polar surface area (TPSA) is 65.0 Å². The lowest BCUT2D eigenvalue weighted by Gasteiger charge is -2.32. The van der Waals surface area contributed by atoms with Crippen LogP contribution >= 0.6 is 0 Å². The highest BCUT2D eigenvalue weighted by Crippen LogP contribution is 2.30. The molecule has 0 unspecified atom stereocenters. The smallest absolute Gasteiger partial charge is 0.229 e. The van der Waals surface area contributed by atoms with Crippen molar-refractivity contribution in [3.05, 3.63) is 41.6 Å². The molecule has 3 heterocycles. The molecule has 7 nitrogen and oxygen atoms in total. The lowest BCUT2D eigenvalue weighted by atomic mass is 9.93. The molecule has 2 aliphatic rings. The summed E-state index contributed by atoms with van der Waals surface area (Å²) in [6, 6.07) is 10.5. The molecule has 1 N–H and O–H groups in total. The second kappa shape index (κ2) is 8.97. The van der Waals surface area contributed by atoms with Crippen molar-refractivity contribution < 1.29 is 9.84 Å². The van der Waals surface area contributed by atoms with Crippen LogP contribution in [-0.2, 0) is 11.3 Å². The molecule has 2 saturated heterocycles. The zero-order valence-electron chi connectivity index (χ0n) is 17.4. The van der Waals surface area contributed by atoms with Crippen LogP contribution in [0.5, 0.6) is 5.88 Å². The molecule has 7 heteroatoms. The van der Waals surface area contributed by atoms with Crippen LogP contribution in [0.3, 0.4) is 0 Å². The Labute approximate surface area is 172 Å². The summed E-state index contributed by atoms with van der Waals surface area (Å²) >= 11 is 0. The van der Waals surface area contributed by atoms with E-state index in [0.29, 0.717) is 25.1 Å². The highest BCUT2D eigenvalue weighted by molar-refractivity contribution is 5.46. The molecule has 0 aliphatic carbocycles. The number of nitrogens with zero attached hydrogens (tertiary/aromatic N) is 5. The van der Waals surface area contributed by atoms with Gasteiger partial charge in [0.15, 0.2) is 0 Å². The Bertz CT molecular complexity index is 797. The van der Waals surface area contributed by atoms with Gasteiger partial charge in [-0.3, -0.25) is 4.90 Å². The average molecular weight is 398 g/mol. The molecule has 0 atom stereocenters. The van der Waals surface area contributed by atoms with Crippen LogP contribution in [0, 0.1) is 0 Å². The molecule has 1 aromatic carbocycles. The highest BCUT2D eigenvalue weighted by Gasteiger charge is 2.24. The summed E-state index contributed by atoms with van der Waals surface area (Å²) in [7, 11) is 4.13. The fourth-order valence-corrected chi connectivity index (χ4v) is 4.10. The molecular weight excluding hydrogens is 366 g/mol. The third kappa shape index (κ3) is 4.97. The van der Waals surface area contributed by atoms with Gasteiger partial charge < -0.3 is 19.6 Å². The SMILES string of the molecule is CN(C)c1ccc(CN2CCC(c3cc(O)nc(N4CCOCC4)n3)CC2)cc1. The zero-order valence-corrected chi connectivity index (χ0v) is 17.4.